The number of amides is 1. The fraction of sp³-hybridized carbons (Fsp3) is 0.917. The molecule has 1 saturated carbocycles. The Balaban J connectivity index is 2.39. The van der Waals surface area contributed by atoms with E-state index in [1.54, 1.807) is 25.7 Å². The van der Waals surface area contributed by atoms with E-state index in [0.717, 1.165) is 12.8 Å². The van der Waals surface area contributed by atoms with E-state index in [4.69, 9.17) is 4.74 Å². The minimum Gasteiger partial charge on any atom is -0.444 e. The first-order valence-electron chi connectivity index (χ1n) is 6.50. The van der Waals surface area contributed by atoms with Crippen molar-refractivity contribution in [2.45, 2.75) is 58.1 Å². The average Bonchev–Trinajstić information content (AvgIpc) is 2.96. The van der Waals surface area contributed by atoms with Crippen molar-refractivity contribution in [3.05, 3.63) is 0 Å². The molecule has 0 spiro atoms. The van der Waals surface area contributed by atoms with Crippen LogP contribution in [0.15, 0.2) is 0 Å². The highest BCUT2D eigenvalue weighted by molar-refractivity contribution is 7.86. The smallest absolute Gasteiger partial charge is 0.410 e. The SMILES string of the molecule is CC(C)(C)OC(=O)N(CCCCS(=O)(=O)F)C1CC1. The van der Waals surface area contributed by atoms with Crippen LogP contribution in [0, 0.1) is 0 Å². The van der Waals surface area contributed by atoms with Crippen LogP contribution in [0.4, 0.5) is 8.68 Å². The second-order valence-electron chi connectivity index (χ2n) is 5.85. The Labute approximate surface area is 114 Å². The van der Waals surface area contributed by atoms with Gasteiger partial charge < -0.3 is 9.64 Å². The molecule has 112 valence electrons. The van der Waals surface area contributed by atoms with Gasteiger partial charge in [0.1, 0.15) is 5.60 Å². The van der Waals surface area contributed by atoms with Crippen molar-refractivity contribution in [2.75, 3.05) is 12.3 Å². The molecule has 0 radical (unpaired) electrons. The van der Waals surface area contributed by atoms with Crippen molar-refractivity contribution in [1.82, 2.24) is 4.90 Å². The lowest BCUT2D eigenvalue weighted by Crippen LogP contribution is -2.38. The summed E-state index contributed by atoms with van der Waals surface area (Å²) in [5.41, 5.74) is -0.549. The fourth-order valence-corrected chi connectivity index (χ4v) is 2.24. The summed E-state index contributed by atoms with van der Waals surface area (Å²) < 4.78 is 38.4. The van der Waals surface area contributed by atoms with Crippen molar-refractivity contribution in [3.63, 3.8) is 0 Å². The van der Waals surface area contributed by atoms with Crippen molar-refractivity contribution in [2.24, 2.45) is 0 Å². The van der Waals surface area contributed by atoms with E-state index < -0.39 is 21.6 Å². The number of nitrogens with zero attached hydrogens (tertiary/aromatic N) is 1. The number of hydrogen-bond donors (Lipinski definition) is 0. The van der Waals surface area contributed by atoms with Crippen molar-refractivity contribution >= 4 is 16.3 Å². The maximum atomic E-state index is 12.3. The molecule has 7 heteroatoms. The van der Waals surface area contributed by atoms with Crippen LogP contribution >= 0.6 is 0 Å². The highest BCUT2D eigenvalue weighted by Gasteiger charge is 2.34. The summed E-state index contributed by atoms with van der Waals surface area (Å²) in [6, 6.07) is 0.192. The molecule has 1 amide bonds. The van der Waals surface area contributed by atoms with Gasteiger partial charge in [0.2, 0.25) is 0 Å². The van der Waals surface area contributed by atoms with Crippen LogP contribution in [0.5, 0.6) is 0 Å². The third kappa shape index (κ3) is 7.34. The molecule has 0 aromatic rings. The second kappa shape index (κ2) is 6.07. The summed E-state index contributed by atoms with van der Waals surface area (Å²) >= 11 is 0. The molecule has 0 aromatic heterocycles. The molecule has 0 aliphatic heterocycles. The van der Waals surface area contributed by atoms with Crippen LogP contribution in [0.25, 0.3) is 0 Å². The maximum Gasteiger partial charge on any atom is 0.410 e. The topological polar surface area (TPSA) is 63.7 Å². The van der Waals surface area contributed by atoms with E-state index in [-0.39, 0.29) is 18.6 Å². The van der Waals surface area contributed by atoms with Crippen LogP contribution in [0.2, 0.25) is 0 Å². The lowest BCUT2D eigenvalue weighted by atomic mass is 10.2. The zero-order valence-electron chi connectivity index (χ0n) is 11.7. The Hall–Kier alpha value is -0.850. The van der Waals surface area contributed by atoms with Crippen LogP contribution in [0.3, 0.4) is 0 Å². The molecule has 0 N–H and O–H groups in total. The molecule has 1 fully saturated rings. The minimum absolute atomic E-state index is 0.192. The maximum absolute atomic E-state index is 12.3. The van der Waals surface area contributed by atoms with Gasteiger partial charge >= 0.3 is 16.3 Å². The first-order valence-corrected chi connectivity index (χ1v) is 8.06. The van der Waals surface area contributed by atoms with Crippen LogP contribution in [-0.4, -0.2) is 43.4 Å². The average molecular weight is 295 g/mol. The van der Waals surface area contributed by atoms with Gasteiger partial charge in [-0.05, 0) is 46.5 Å². The monoisotopic (exact) mass is 295 g/mol. The molecule has 0 bridgehead atoms. The van der Waals surface area contributed by atoms with Crippen molar-refractivity contribution < 1.29 is 21.8 Å². The Bertz CT molecular complexity index is 412. The summed E-state index contributed by atoms with van der Waals surface area (Å²) in [7, 11) is -4.41. The highest BCUT2D eigenvalue weighted by atomic mass is 32.3. The quantitative estimate of drug-likeness (QED) is 0.558. The van der Waals surface area contributed by atoms with E-state index in [2.05, 4.69) is 0 Å². The molecule has 1 rings (SSSR count). The number of halogens is 1. The Morgan fingerprint density at radius 1 is 1.32 bits per heavy atom. The molecule has 0 saturated heterocycles. The number of carbonyl (C=O) groups is 1. The van der Waals surface area contributed by atoms with Gasteiger partial charge in [0.05, 0.1) is 5.75 Å². The Kier molecular flexibility index (Phi) is 5.18. The minimum atomic E-state index is -4.41. The van der Waals surface area contributed by atoms with E-state index in [1.165, 1.54) is 0 Å². The van der Waals surface area contributed by atoms with Gasteiger partial charge in [-0.3, -0.25) is 0 Å². The molecule has 5 nitrogen and oxygen atoms in total. The summed E-state index contributed by atoms with van der Waals surface area (Å²) in [6.07, 6.45) is 2.18. The van der Waals surface area contributed by atoms with Gasteiger partial charge in [-0.1, -0.05) is 0 Å². The standard InChI is InChI=1S/C12H22FNO4S/c1-12(2,3)18-11(15)14(10-6-7-10)8-4-5-9-19(13,16)17/h10H,4-9H2,1-3H3. The predicted octanol–water partition coefficient (Wildman–Crippen LogP) is 2.47. The molecular weight excluding hydrogens is 273 g/mol. The van der Waals surface area contributed by atoms with Crippen molar-refractivity contribution in [3.8, 4) is 0 Å². The predicted molar refractivity (Wildman–Crippen MR) is 70.1 cm³/mol. The number of ether oxygens (including phenoxy) is 1. The lowest BCUT2D eigenvalue weighted by Gasteiger charge is -2.27. The number of hydrogen-bond acceptors (Lipinski definition) is 4. The second-order valence-corrected chi connectivity index (χ2v) is 7.34. The van der Waals surface area contributed by atoms with Gasteiger partial charge in [-0.25, -0.2) is 4.79 Å². The third-order valence-electron chi connectivity index (χ3n) is 2.65. The van der Waals surface area contributed by atoms with Gasteiger partial charge in [0.15, 0.2) is 0 Å². The van der Waals surface area contributed by atoms with E-state index in [1.807, 2.05) is 0 Å². The molecular formula is C12H22FNO4S. The number of carbonyl (C=O) groups excluding carboxylic acids is 1. The van der Waals surface area contributed by atoms with E-state index >= 15 is 0 Å². The summed E-state index contributed by atoms with van der Waals surface area (Å²) in [6.45, 7) is 5.80. The number of rotatable bonds is 6. The van der Waals surface area contributed by atoms with Gasteiger partial charge in [0.25, 0.3) is 0 Å². The molecule has 0 unspecified atom stereocenters. The zero-order chi connectivity index (χ0) is 14.7. The Morgan fingerprint density at radius 2 is 1.89 bits per heavy atom. The number of unbranched alkanes of at least 4 members (excludes halogenated alkanes) is 1. The van der Waals surface area contributed by atoms with Crippen LogP contribution < -0.4 is 0 Å². The van der Waals surface area contributed by atoms with Gasteiger partial charge in [-0.15, -0.1) is 3.89 Å². The van der Waals surface area contributed by atoms with Crippen LogP contribution in [0.1, 0.15) is 46.5 Å². The zero-order valence-corrected chi connectivity index (χ0v) is 12.5. The first kappa shape index (κ1) is 16.2. The molecule has 19 heavy (non-hydrogen) atoms. The largest absolute Gasteiger partial charge is 0.444 e. The summed E-state index contributed by atoms with van der Waals surface area (Å²) in [5.74, 6) is -0.486. The van der Waals surface area contributed by atoms with Gasteiger partial charge in [0, 0.05) is 12.6 Å². The summed E-state index contributed by atoms with van der Waals surface area (Å²) in [5, 5.41) is 0. The Morgan fingerprint density at radius 3 is 2.32 bits per heavy atom. The summed E-state index contributed by atoms with van der Waals surface area (Å²) in [4.78, 5) is 13.6. The molecule has 0 atom stereocenters. The third-order valence-corrected chi connectivity index (χ3v) is 3.43. The van der Waals surface area contributed by atoms with Crippen molar-refractivity contribution in [1.29, 1.82) is 0 Å². The first-order chi connectivity index (χ1) is 8.58. The molecule has 0 heterocycles. The highest BCUT2D eigenvalue weighted by Crippen LogP contribution is 2.28. The normalized spacial score (nSPS) is 16.2. The van der Waals surface area contributed by atoms with Crippen LogP contribution in [-0.2, 0) is 15.0 Å². The lowest BCUT2D eigenvalue weighted by molar-refractivity contribution is 0.0231. The van der Waals surface area contributed by atoms with Gasteiger partial charge in [-0.2, -0.15) is 8.42 Å². The fourth-order valence-electron chi connectivity index (χ4n) is 1.69. The van der Waals surface area contributed by atoms with E-state index in [9.17, 15) is 17.1 Å². The molecule has 0 aromatic carbocycles. The molecule has 1 aliphatic carbocycles. The molecule has 1 aliphatic rings. The van der Waals surface area contributed by atoms with E-state index in [0.29, 0.717) is 13.0 Å².